The van der Waals surface area contributed by atoms with Gasteiger partial charge < -0.3 is 21.0 Å². The summed E-state index contributed by atoms with van der Waals surface area (Å²) in [7, 11) is 0. The van der Waals surface area contributed by atoms with Gasteiger partial charge in [0.25, 0.3) is 0 Å². The smallest absolute Gasteiger partial charge is 0.237 e. The fourth-order valence-electron chi connectivity index (χ4n) is 4.68. The number of benzene rings is 2. The number of rotatable bonds is 6. The molecule has 0 radical (unpaired) electrons. The van der Waals surface area contributed by atoms with Crippen LogP contribution >= 0.6 is 0 Å². The number of para-hydroxylation sites is 2. The summed E-state index contributed by atoms with van der Waals surface area (Å²) < 4.78 is 0. The highest BCUT2D eigenvalue weighted by molar-refractivity contribution is 5.86. The monoisotopic (exact) mass is 415 g/mol. The van der Waals surface area contributed by atoms with E-state index in [0.717, 1.165) is 48.9 Å². The lowest BCUT2D eigenvalue weighted by molar-refractivity contribution is -0.123. The molecule has 160 valence electrons. The van der Waals surface area contributed by atoms with Crippen molar-refractivity contribution in [2.75, 3.05) is 13.1 Å². The number of nitrogens with one attached hydrogen (secondary N) is 3. The van der Waals surface area contributed by atoms with Gasteiger partial charge in [0.2, 0.25) is 5.91 Å². The molecule has 5 rings (SSSR count). The number of hydrogen-bond acceptors (Lipinski definition) is 3. The second kappa shape index (κ2) is 8.57. The number of carbonyl (C=O) groups excluding carboxylic acids is 1. The molecule has 31 heavy (non-hydrogen) atoms. The quantitative estimate of drug-likeness (QED) is 0.389. The molecule has 1 atom stereocenters. The number of amides is 1. The van der Waals surface area contributed by atoms with Crippen LogP contribution in [-0.2, 0) is 17.8 Å². The van der Waals surface area contributed by atoms with Crippen LogP contribution in [0.4, 0.5) is 0 Å². The van der Waals surface area contributed by atoms with Gasteiger partial charge in [0.1, 0.15) is 0 Å². The molecule has 6 heteroatoms. The Bertz CT molecular complexity index is 1180. The summed E-state index contributed by atoms with van der Waals surface area (Å²) in [6.45, 7) is 2.88. The maximum absolute atomic E-state index is 12.7. The van der Waals surface area contributed by atoms with Crippen molar-refractivity contribution in [2.45, 2.75) is 37.9 Å². The first-order valence-corrected chi connectivity index (χ1v) is 11.1. The van der Waals surface area contributed by atoms with Crippen molar-refractivity contribution >= 4 is 27.7 Å². The molecule has 5 N–H and O–H groups in total. The van der Waals surface area contributed by atoms with Crippen LogP contribution in [0.2, 0.25) is 0 Å². The number of aromatic amines is 2. The normalized spacial score (nSPS) is 16.7. The van der Waals surface area contributed by atoms with E-state index in [1.54, 1.807) is 0 Å². The van der Waals surface area contributed by atoms with Gasteiger partial charge in [0, 0.05) is 59.9 Å². The Morgan fingerprint density at radius 2 is 1.55 bits per heavy atom. The Hall–Kier alpha value is -3.09. The fourth-order valence-corrected chi connectivity index (χ4v) is 4.68. The van der Waals surface area contributed by atoms with E-state index in [9.17, 15) is 4.79 Å². The second-order valence-corrected chi connectivity index (χ2v) is 8.59. The molecule has 0 spiro atoms. The molecule has 1 aliphatic heterocycles. The zero-order valence-corrected chi connectivity index (χ0v) is 17.6. The molecule has 1 amide bonds. The number of piperidine rings is 1. The van der Waals surface area contributed by atoms with Crippen molar-refractivity contribution in [3.63, 3.8) is 0 Å². The summed E-state index contributed by atoms with van der Waals surface area (Å²) in [6, 6.07) is 16.2. The highest BCUT2D eigenvalue weighted by Gasteiger charge is 2.24. The van der Waals surface area contributed by atoms with Crippen molar-refractivity contribution in [3.05, 3.63) is 72.1 Å². The third-order valence-corrected chi connectivity index (χ3v) is 6.45. The fraction of sp³-hybridized carbons (Fsp3) is 0.320. The van der Waals surface area contributed by atoms with E-state index in [1.807, 2.05) is 24.4 Å². The van der Waals surface area contributed by atoms with Gasteiger partial charge in [0.15, 0.2) is 0 Å². The topological polar surface area (TPSA) is 89.9 Å². The SMILES string of the molecule is NC(Cc1c[nH]c2ccccc12)C(=O)NC1CCN(Cc2c[nH]c3ccccc23)CC1. The number of H-pyrrole nitrogens is 2. The van der Waals surface area contributed by atoms with Crippen LogP contribution in [0.3, 0.4) is 0 Å². The second-order valence-electron chi connectivity index (χ2n) is 8.59. The van der Waals surface area contributed by atoms with Gasteiger partial charge in [-0.1, -0.05) is 36.4 Å². The first kappa shape index (κ1) is 19.8. The summed E-state index contributed by atoms with van der Waals surface area (Å²) in [5.41, 5.74) is 10.9. The predicted octanol–water partition coefficient (Wildman–Crippen LogP) is 3.30. The van der Waals surface area contributed by atoms with Crippen LogP contribution in [0, 0.1) is 0 Å². The molecule has 1 unspecified atom stereocenters. The lowest BCUT2D eigenvalue weighted by Crippen LogP contribution is -2.50. The largest absolute Gasteiger partial charge is 0.361 e. The molecule has 2 aromatic carbocycles. The number of nitrogens with two attached hydrogens (primary N) is 1. The number of hydrogen-bond donors (Lipinski definition) is 4. The molecule has 1 aliphatic rings. The zero-order valence-electron chi connectivity index (χ0n) is 17.6. The standard InChI is InChI=1S/C25H29N5O/c26-22(13-17-14-27-23-7-3-1-5-20(17)23)25(31)29-19-9-11-30(12-10-19)16-18-15-28-24-8-4-2-6-21(18)24/h1-8,14-15,19,22,27-28H,9-13,16,26H2,(H,29,31). The minimum atomic E-state index is -0.538. The van der Waals surface area contributed by atoms with Gasteiger partial charge in [-0.15, -0.1) is 0 Å². The Labute approximate surface area is 181 Å². The van der Waals surface area contributed by atoms with Crippen molar-refractivity contribution in [1.82, 2.24) is 20.2 Å². The third-order valence-electron chi connectivity index (χ3n) is 6.45. The zero-order chi connectivity index (χ0) is 21.2. The van der Waals surface area contributed by atoms with Gasteiger partial charge in [-0.2, -0.15) is 0 Å². The van der Waals surface area contributed by atoms with Crippen molar-refractivity contribution in [2.24, 2.45) is 5.73 Å². The molecule has 0 bridgehead atoms. The molecular weight excluding hydrogens is 386 g/mol. The van der Waals surface area contributed by atoms with Crippen LogP contribution < -0.4 is 11.1 Å². The Morgan fingerprint density at radius 1 is 0.968 bits per heavy atom. The maximum atomic E-state index is 12.7. The van der Waals surface area contributed by atoms with E-state index in [0.29, 0.717) is 6.42 Å². The van der Waals surface area contributed by atoms with Crippen molar-refractivity contribution < 1.29 is 4.79 Å². The van der Waals surface area contributed by atoms with E-state index in [1.165, 1.54) is 16.5 Å². The van der Waals surface area contributed by atoms with Gasteiger partial charge >= 0.3 is 0 Å². The average molecular weight is 416 g/mol. The highest BCUT2D eigenvalue weighted by atomic mass is 16.2. The summed E-state index contributed by atoms with van der Waals surface area (Å²) in [4.78, 5) is 21.8. The summed E-state index contributed by atoms with van der Waals surface area (Å²) >= 11 is 0. The van der Waals surface area contributed by atoms with E-state index in [-0.39, 0.29) is 11.9 Å². The Balaban J connectivity index is 1.13. The molecule has 1 saturated heterocycles. The van der Waals surface area contributed by atoms with E-state index >= 15 is 0 Å². The van der Waals surface area contributed by atoms with Gasteiger partial charge in [-0.05, 0) is 42.5 Å². The number of fused-ring (bicyclic) bond motifs is 2. The van der Waals surface area contributed by atoms with Crippen LogP contribution in [0.25, 0.3) is 21.8 Å². The third kappa shape index (κ3) is 4.22. The number of aromatic nitrogens is 2. The van der Waals surface area contributed by atoms with E-state index in [2.05, 4.69) is 56.7 Å². The van der Waals surface area contributed by atoms with Gasteiger partial charge in [0.05, 0.1) is 6.04 Å². The van der Waals surface area contributed by atoms with Crippen molar-refractivity contribution in [3.8, 4) is 0 Å². The van der Waals surface area contributed by atoms with Crippen LogP contribution in [0.5, 0.6) is 0 Å². The lowest BCUT2D eigenvalue weighted by Gasteiger charge is -2.32. The Morgan fingerprint density at radius 3 is 2.23 bits per heavy atom. The van der Waals surface area contributed by atoms with E-state index < -0.39 is 6.04 Å². The molecule has 0 aliphatic carbocycles. The predicted molar refractivity (Wildman–Crippen MR) is 125 cm³/mol. The van der Waals surface area contributed by atoms with Crippen LogP contribution in [-0.4, -0.2) is 45.9 Å². The van der Waals surface area contributed by atoms with Crippen LogP contribution in [0.15, 0.2) is 60.9 Å². The van der Waals surface area contributed by atoms with Crippen molar-refractivity contribution in [1.29, 1.82) is 0 Å². The molecule has 4 aromatic rings. The molecule has 1 fully saturated rings. The number of likely N-dealkylation sites (tertiary alicyclic amines) is 1. The van der Waals surface area contributed by atoms with Crippen LogP contribution in [0.1, 0.15) is 24.0 Å². The summed E-state index contributed by atoms with van der Waals surface area (Å²) in [5.74, 6) is -0.0552. The molecular formula is C25H29N5O. The lowest BCUT2D eigenvalue weighted by atomic mass is 10.0. The number of nitrogens with zero attached hydrogens (tertiary/aromatic N) is 1. The first-order valence-electron chi connectivity index (χ1n) is 11.1. The molecule has 2 aromatic heterocycles. The first-order chi connectivity index (χ1) is 15.2. The minimum absolute atomic E-state index is 0.0552. The minimum Gasteiger partial charge on any atom is -0.361 e. The highest BCUT2D eigenvalue weighted by Crippen LogP contribution is 2.22. The molecule has 3 heterocycles. The number of carbonyl (C=O) groups is 1. The average Bonchev–Trinajstić information content (AvgIpc) is 3.40. The van der Waals surface area contributed by atoms with Gasteiger partial charge in [-0.25, -0.2) is 0 Å². The maximum Gasteiger partial charge on any atom is 0.237 e. The summed E-state index contributed by atoms with van der Waals surface area (Å²) in [6.07, 6.45) is 6.51. The van der Waals surface area contributed by atoms with E-state index in [4.69, 9.17) is 5.73 Å². The Kier molecular flexibility index (Phi) is 5.49. The van der Waals surface area contributed by atoms with Gasteiger partial charge in [-0.3, -0.25) is 9.69 Å². The molecule has 6 nitrogen and oxygen atoms in total. The summed E-state index contributed by atoms with van der Waals surface area (Å²) in [5, 5.41) is 5.61. The molecule has 0 saturated carbocycles.